The fourth-order valence-corrected chi connectivity index (χ4v) is 2.53. The summed E-state index contributed by atoms with van der Waals surface area (Å²) in [5.74, 6) is -1.38. The number of para-hydroxylation sites is 1. The first-order valence-corrected chi connectivity index (χ1v) is 9.18. The average Bonchev–Trinajstić information content (AvgIpc) is 2.72. The summed E-state index contributed by atoms with van der Waals surface area (Å²) in [4.78, 5) is 36.8. The molecule has 2 aromatic rings. The van der Waals surface area contributed by atoms with Crippen LogP contribution in [0.1, 0.15) is 41.8 Å². The molecule has 3 N–H and O–H groups in total. The maximum absolute atomic E-state index is 12.8. The number of rotatable bonds is 8. The van der Waals surface area contributed by atoms with Gasteiger partial charge in [-0.1, -0.05) is 55.8 Å². The molecule has 2 rings (SSSR count). The van der Waals surface area contributed by atoms with E-state index in [0.717, 1.165) is 19.4 Å². The standard InChI is InChI=1S/C21H25N3O4/c1-3-4-14-23-17-13-9-8-12-16(17)20(26)28-18(15-10-6-5-7-11-15)19(25)24-21(27)22-2/h5-13,18,23H,3-4,14H2,1-2H3,(H2,22,24,25,27)/t18-/m0/s1. The molecule has 0 saturated carbocycles. The van der Waals surface area contributed by atoms with Crippen molar-refractivity contribution >= 4 is 23.6 Å². The summed E-state index contributed by atoms with van der Waals surface area (Å²) in [6, 6.07) is 14.8. The van der Waals surface area contributed by atoms with E-state index in [2.05, 4.69) is 22.9 Å². The smallest absolute Gasteiger partial charge is 0.341 e. The van der Waals surface area contributed by atoms with Crippen LogP contribution in [-0.2, 0) is 9.53 Å². The Kier molecular flexibility index (Phi) is 8.02. The van der Waals surface area contributed by atoms with Crippen LogP contribution in [0.2, 0.25) is 0 Å². The summed E-state index contributed by atoms with van der Waals surface area (Å²) in [6.45, 7) is 2.80. The molecule has 7 nitrogen and oxygen atoms in total. The lowest BCUT2D eigenvalue weighted by atomic mass is 10.1. The third-order valence-corrected chi connectivity index (χ3v) is 4.02. The van der Waals surface area contributed by atoms with Gasteiger partial charge in [0, 0.05) is 24.8 Å². The van der Waals surface area contributed by atoms with Crippen LogP contribution in [0.15, 0.2) is 54.6 Å². The summed E-state index contributed by atoms with van der Waals surface area (Å²) in [7, 11) is 1.39. The Morgan fingerprint density at radius 3 is 2.36 bits per heavy atom. The normalized spacial score (nSPS) is 11.2. The molecule has 0 aliphatic heterocycles. The van der Waals surface area contributed by atoms with Gasteiger partial charge in [0.2, 0.25) is 6.10 Å². The molecule has 28 heavy (non-hydrogen) atoms. The predicted molar refractivity (Wildman–Crippen MR) is 107 cm³/mol. The number of unbranched alkanes of at least 4 members (excludes halogenated alkanes) is 1. The SMILES string of the molecule is CCCCNc1ccccc1C(=O)O[C@H](C(=O)NC(=O)NC)c1ccccc1. The third kappa shape index (κ3) is 5.84. The molecule has 0 radical (unpaired) electrons. The van der Waals surface area contributed by atoms with E-state index < -0.39 is 24.0 Å². The van der Waals surface area contributed by atoms with Gasteiger partial charge in [-0.2, -0.15) is 0 Å². The number of anilines is 1. The first-order chi connectivity index (χ1) is 13.6. The third-order valence-electron chi connectivity index (χ3n) is 4.02. The van der Waals surface area contributed by atoms with Gasteiger partial charge in [-0.3, -0.25) is 10.1 Å². The monoisotopic (exact) mass is 383 g/mol. The van der Waals surface area contributed by atoms with Gasteiger partial charge in [0.25, 0.3) is 5.91 Å². The topological polar surface area (TPSA) is 96.5 Å². The fourth-order valence-electron chi connectivity index (χ4n) is 2.53. The van der Waals surface area contributed by atoms with Crippen LogP contribution in [0.4, 0.5) is 10.5 Å². The van der Waals surface area contributed by atoms with E-state index in [1.807, 2.05) is 6.07 Å². The van der Waals surface area contributed by atoms with Crippen LogP contribution >= 0.6 is 0 Å². The van der Waals surface area contributed by atoms with Crippen LogP contribution in [0.5, 0.6) is 0 Å². The molecule has 0 saturated heterocycles. The minimum Gasteiger partial charge on any atom is -0.444 e. The van der Waals surface area contributed by atoms with Gasteiger partial charge in [0.05, 0.1) is 5.56 Å². The van der Waals surface area contributed by atoms with Crippen molar-refractivity contribution < 1.29 is 19.1 Å². The lowest BCUT2D eigenvalue weighted by Crippen LogP contribution is -2.41. The second kappa shape index (κ2) is 10.7. The lowest BCUT2D eigenvalue weighted by molar-refractivity contribution is -0.129. The molecule has 0 aromatic heterocycles. The minimum absolute atomic E-state index is 0.326. The number of benzene rings is 2. The van der Waals surface area contributed by atoms with Crippen LogP contribution in [0.25, 0.3) is 0 Å². The molecule has 0 spiro atoms. The Morgan fingerprint density at radius 2 is 1.68 bits per heavy atom. The maximum Gasteiger partial charge on any atom is 0.341 e. The largest absolute Gasteiger partial charge is 0.444 e. The van der Waals surface area contributed by atoms with E-state index in [4.69, 9.17) is 4.74 Å². The number of hydrogen-bond donors (Lipinski definition) is 3. The summed E-state index contributed by atoms with van der Waals surface area (Å²) in [5.41, 5.74) is 1.43. The van der Waals surface area contributed by atoms with E-state index in [9.17, 15) is 14.4 Å². The molecule has 0 aliphatic carbocycles. The zero-order valence-corrected chi connectivity index (χ0v) is 16.0. The van der Waals surface area contributed by atoms with E-state index >= 15 is 0 Å². The molecule has 7 heteroatoms. The van der Waals surface area contributed by atoms with Crippen molar-refractivity contribution in [1.29, 1.82) is 0 Å². The Hall–Kier alpha value is -3.35. The molecule has 0 bridgehead atoms. The van der Waals surface area contributed by atoms with Gasteiger partial charge in [-0.15, -0.1) is 0 Å². The number of carbonyl (C=O) groups is 3. The number of nitrogens with one attached hydrogen (secondary N) is 3. The van der Waals surface area contributed by atoms with Gasteiger partial charge in [-0.25, -0.2) is 9.59 Å². The van der Waals surface area contributed by atoms with E-state index in [0.29, 0.717) is 16.8 Å². The minimum atomic E-state index is -1.25. The molecule has 0 heterocycles. The highest BCUT2D eigenvalue weighted by Crippen LogP contribution is 2.23. The Morgan fingerprint density at radius 1 is 1.00 bits per heavy atom. The second-order valence-electron chi connectivity index (χ2n) is 6.09. The van der Waals surface area contributed by atoms with Crippen molar-refractivity contribution in [2.75, 3.05) is 18.9 Å². The zero-order valence-electron chi connectivity index (χ0n) is 16.0. The van der Waals surface area contributed by atoms with Crippen molar-refractivity contribution in [1.82, 2.24) is 10.6 Å². The fraction of sp³-hybridized carbons (Fsp3) is 0.286. The van der Waals surface area contributed by atoms with Crippen LogP contribution in [0.3, 0.4) is 0 Å². The zero-order chi connectivity index (χ0) is 20.4. The molecule has 0 unspecified atom stereocenters. The van der Waals surface area contributed by atoms with E-state index in [-0.39, 0.29) is 0 Å². The van der Waals surface area contributed by atoms with Crippen molar-refractivity contribution in [3.05, 3.63) is 65.7 Å². The van der Waals surface area contributed by atoms with Gasteiger partial charge >= 0.3 is 12.0 Å². The summed E-state index contributed by atoms with van der Waals surface area (Å²) >= 11 is 0. The van der Waals surface area contributed by atoms with Gasteiger partial charge in [-0.05, 0) is 18.6 Å². The number of amides is 3. The molecule has 0 aliphatic rings. The lowest BCUT2D eigenvalue weighted by Gasteiger charge is -2.19. The van der Waals surface area contributed by atoms with Crippen molar-refractivity contribution in [2.24, 2.45) is 0 Å². The Labute approximate surface area is 164 Å². The second-order valence-corrected chi connectivity index (χ2v) is 6.09. The molecule has 0 fully saturated rings. The van der Waals surface area contributed by atoms with Crippen molar-refractivity contribution in [3.8, 4) is 0 Å². The van der Waals surface area contributed by atoms with Crippen LogP contribution in [-0.4, -0.2) is 31.5 Å². The molecular formula is C21H25N3O4. The highest BCUT2D eigenvalue weighted by molar-refractivity contribution is 6.00. The first-order valence-electron chi connectivity index (χ1n) is 9.18. The van der Waals surface area contributed by atoms with Gasteiger partial charge in [0.15, 0.2) is 0 Å². The van der Waals surface area contributed by atoms with E-state index in [1.165, 1.54) is 7.05 Å². The number of imide groups is 1. The molecule has 2 aromatic carbocycles. The summed E-state index contributed by atoms with van der Waals surface area (Å²) < 4.78 is 5.51. The number of esters is 1. The molecule has 3 amide bonds. The van der Waals surface area contributed by atoms with Crippen molar-refractivity contribution in [2.45, 2.75) is 25.9 Å². The molecule has 148 valence electrons. The summed E-state index contributed by atoms with van der Waals surface area (Å²) in [5, 5.41) is 7.68. The summed E-state index contributed by atoms with van der Waals surface area (Å²) in [6.07, 6.45) is 0.731. The predicted octanol–water partition coefficient (Wildman–Crippen LogP) is 3.25. The van der Waals surface area contributed by atoms with Crippen LogP contribution in [0, 0.1) is 0 Å². The van der Waals surface area contributed by atoms with Gasteiger partial charge in [0.1, 0.15) is 0 Å². The first kappa shape index (κ1) is 21.0. The van der Waals surface area contributed by atoms with Crippen LogP contribution < -0.4 is 16.0 Å². The molecule has 1 atom stereocenters. The average molecular weight is 383 g/mol. The number of carbonyl (C=O) groups excluding carboxylic acids is 3. The Bertz CT molecular complexity index is 808. The highest BCUT2D eigenvalue weighted by Gasteiger charge is 2.27. The quantitative estimate of drug-likeness (QED) is 0.480. The number of hydrogen-bond acceptors (Lipinski definition) is 5. The maximum atomic E-state index is 12.8. The van der Waals surface area contributed by atoms with E-state index in [1.54, 1.807) is 48.5 Å². The Balaban J connectivity index is 2.23. The number of ether oxygens (including phenoxy) is 1. The van der Waals surface area contributed by atoms with Crippen molar-refractivity contribution in [3.63, 3.8) is 0 Å². The van der Waals surface area contributed by atoms with Gasteiger partial charge < -0.3 is 15.4 Å². The molecular weight excluding hydrogens is 358 g/mol. The highest BCUT2D eigenvalue weighted by atomic mass is 16.5. The number of urea groups is 1.